The number of hydrogen-bond donors (Lipinski definition) is 1. The van der Waals surface area contributed by atoms with E-state index < -0.39 is 0 Å². The van der Waals surface area contributed by atoms with E-state index in [-0.39, 0.29) is 0 Å². The number of aryl methyl sites for hydroxylation is 2. The van der Waals surface area contributed by atoms with Crippen LogP contribution < -0.4 is 5.32 Å². The Hall–Kier alpha value is -2.10. The summed E-state index contributed by atoms with van der Waals surface area (Å²) in [6.45, 7) is 17.6. The van der Waals surface area contributed by atoms with Crippen LogP contribution in [0.3, 0.4) is 0 Å². The van der Waals surface area contributed by atoms with Crippen LogP contribution >= 0.6 is 0 Å². The molecular formula is C25H35N3. The van der Waals surface area contributed by atoms with Crippen LogP contribution in [0, 0.1) is 19.8 Å². The van der Waals surface area contributed by atoms with Gasteiger partial charge >= 0.3 is 0 Å². The van der Waals surface area contributed by atoms with Crippen LogP contribution in [0.25, 0.3) is 0 Å². The molecule has 3 nitrogen and oxygen atoms in total. The Kier molecular flexibility index (Phi) is 7.30. The molecule has 150 valence electrons. The zero-order valence-electron chi connectivity index (χ0n) is 17.7. The van der Waals surface area contributed by atoms with Crippen molar-refractivity contribution in [3.63, 3.8) is 0 Å². The summed E-state index contributed by atoms with van der Waals surface area (Å²) in [6, 6.07) is 17.3. The number of nitrogens with zero attached hydrogens (tertiary/aromatic N) is 2. The van der Waals surface area contributed by atoms with Gasteiger partial charge in [0.25, 0.3) is 0 Å². The summed E-state index contributed by atoms with van der Waals surface area (Å²) in [6.07, 6.45) is 1.16. The van der Waals surface area contributed by atoms with Gasteiger partial charge in [0.05, 0.1) is 0 Å². The number of rotatable bonds is 8. The molecule has 0 bridgehead atoms. The quantitative estimate of drug-likeness (QED) is 0.718. The van der Waals surface area contributed by atoms with Gasteiger partial charge in [0.15, 0.2) is 0 Å². The third-order valence-corrected chi connectivity index (χ3v) is 5.66. The Bertz CT molecular complexity index is 740. The first-order valence-electron chi connectivity index (χ1n) is 10.5. The van der Waals surface area contributed by atoms with E-state index >= 15 is 0 Å². The SMILES string of the molecule is C=C(CN1CCN(CC(C)Cc2ccccc2)CC1)Nc1c(C)cccc1C. The molecule has 1 aliphatic rings. The van der Waals surface area contributed by atoms with Crippen LogP contribution in [0.15, 0.2) is 60.8 Å². The number of nitrogens with one attached hydrogen (secondary N) is 1. The molecule has 28 heavy (non-hydrogen) atoms. The van der Waals surface area contributed by atoms with E-state index in [1.165, 1.54) is 28.9 Å². The third kappa shape index (κ3) is 5.95. The lowest BCUT2D eigenvalue weighted by Crippen LogP contribution is -2.48. The Labute approximate surface area is 171 Å². The normalized spacial score (nSPS) is 16.7. The molecule has 3 heteroatoms. The minimum Gasteiger partial charge on any atom is -0.358 e. The second-order valence-corrected chi connectivity index (χ2v) is 8.37. The lowest BCUT2D eigenvalue weighted by Gasteiger charge is -2.36. The summed E-state index contributed by atoms with van der Waals surface area (Å²) in [4.78, 5) is 5.13. The fraction of sp³-hybridized carbons (Fsp3) is 0.440. The molecule has 2 aromatic rings. The standard InChI is InChI=1S/C25H35N3/c1-20(17-24-11-6-5-7-12-24)18-27-13-15-28(16-14-27)19-23(4)26-25-21(2)9-8-10-22(25)3/h5-12,20,26H,4,13-19H2,1-3H3. The molecule has 1 N–H and O–H groups in total. The number of piperazine rings is 1. The maximum atomic E-state index is 4.27. The summed E-state index contributed by atoms with van der Waals surface area (Å²) in [5.74, 6) is 0.689. The molecule has 3 rings (SSSR count). The molecule has 1 fully saturated rings. The van der Waals surface area contributed by atoms with Crippen molar-refractivity contribution in [3.8, 4) is 0 Å². The number of anilines is 1. The van der Waals surface area contributed by atoms with Crippen molar-refractivity contribution >= 4 is 5.69 Å². The highest BCUT2D eigenvalue weighted by Gasteiger charge is 2.19. The van der Waals surface area contributed by atoms with E-state index in [9.17, 15) is 0 Å². The molecule has 1 saturated heterocycles. The summed E-state index contributed by atoms with van der Waals surface area (Å²) in [5.41, 5.74) is 6.29. The smallest absolute Gasteiger partial charge is 0.0441 e. The minimum absolute atomic E-state index is 0.689. The van der Waals surface area contributed by atoms with Crippen LogP contribution in [-0.4, -0.2) is 49.1 Å². The summed E-state index contributed by atoms with van der Waals surface area (Å²) in [5, 5.41) is 3.55. The maximum Gasteiger partial charge on any atom is 0.0441 e. The highest BCUT2D eigenvalue weighted by Crippen LogP contribution is 2.21. The molecule has 0 aromatic heterocycles. The lowest BCUT2D eigenvalue weighted by atomic mass is 10.0. The van der Waals surface area contributed by atoms with Gasteiger partial charge in [-0.1, -0.05) is 62.0 Å². The van der Waals surface area contributed by atoms with Gasteiger partial charge in [-0.15, -0.1) is 0 Å². The lowest BCUT2D eigenvalue weighted by molar-refractivity contribution is 0.127. The van der Waals surface area contributed by atoms with Gasteiger partial charge < -0.3 is 10.2 Å². The Morgan fingerprint density at radius 1 is 0.929 bits per heavy atom. The van der Waals surface area contributed by atoms with Crippen LogP contribution in [0.1, 0.15) is 23.6 Å². The van der Waals surface area contributed by atoms with Crippen molar-refractivity contribution in [2.45, 2.75) is 27.2 Å². The van der Waals surface area contributed by atoms with Gasteiger partial charge in [0.2, 0.25) is 0 Å². The molecule has 0 amide bonds. The zero-order valence-corrected chi connectivity index (χ0v) is 17.7. The van der Waals surface area contributed by atoms with Crippen LogP contribution in [0.2, 0.25) is 0 Å². The van der Waals surface area contributed by atoms with E-state index in [0.29, 0.717) is 5.92 Å². The number of hydrogen-bond acceptors (Lipinski definition) is 3. The predicted molar refractivity (Wildman–Crippen MR) is 121 cm³/mol. The molecule has 0 aliphatic carbocycles. The van der Waals surface area contributed by atoms with Crippen molar-refractivity contribution in [1.29, 1.82) is 0 Å². The first-order valence-corrected chi connectivity index (χ1v) is 10.5. The van der Waals surface area contributed by atoms with E-state index in [2.05, 4.69) is 91.0 Å². The fourth-order valence-corrected chi connectivity index (χ4v) is 4.15. The average molecular weight is 378 g/mol. The van der Waals surface area contributed by atoms with Crippen LogP contribution in [-0.2, 0) is 6.42 Å². The van der Waals surface area contributed by atoms with E-state index in [4.69, 9.17) is 0 Å². The fourth-order valence-electron chi connectivity index (χ4n) is 4.15. The second kappa shape index (κ2) is 9.90. The number of benzene rings is 2. The van der Waals surface area contributed by atoms with Crippen molar-refractivity contribution < 1.29 is 0 Å². The summed E-state index contributed by atoms with van der Waals surface area (Å²) < 4.78 is 0. The van der Waals surface area contributed by atoms with Gasteiger partial charge in [0, 0.05) is 50.7 Å². The maximum absolute atomic E-state index is 4.27. The Balaban J connectivity index is 1.41. The summed E-state index contributed by atoms with van der Waals surface area (Å²) >= 11 is 0. The second-order valence-electron chi connectivity index (χ2n) is 8.37. The first kappa shape index (κ1) is 20.6. The van der Waals surface area contributed by atoms with Gasteiger partial charge in [-0.05, 0) is 42.9 Å². The molecule has 1 heterocycles. The third-order valence-electron chi connectivity index (χ3n) is 5.66. The average Bonchev–Trinajstić information content (AvgIpc) is 2.67. The topological polar surface area (TPSA) is 18.5 Å². The van der Waals surface area contributed by atoms with Gasteiger partial charge in [-0.3, -0.25) is 4.90 Å². The van der Waals surface area contributed by atoms with Crippen molar-refractivity contribution in [2.24, 2.45) is 5.92 Å². The summed E-state index contributed by atoms with van der Waals surface area (Å²) in [7, 11) is 0. The number of para-hydroxylation sites is 1. The van der Waals surface area contributed by atoms with Gasteiger partial charge in [0.1, 0.15) is 0 Å². The van der Waals surface area contributed by atoms with E-state index in [1.807, 2.05) is 0 Å². The predicted octanol–water partition coefficient (Wildman–Crippen LogP) is 4.73. The molecule has 1 unspecified atom stereocenters. The van der Waals surface area contributed by atoms with Gasteiger partial charge in [-0.2, -0.15) is 0 Å². The monoisotopic (exact) mass is 377 g/mol. The Morgan fingerprint density at radius 2 is 1.54 bits per heavy atom. The Morgan fingerprint density at radius 3 is 2.18 bits per heavy atom. The van der Waals surface area contributed by atoms with Crippen molar-refractivity contribution in [2.75, 3.05) is 44.6 Å². The minimum atomic E-state index is 0.689. The zero-order chi connectivity index (χ0) is 19.9. The highest BCUT2D eigenvalue weighted by molar-refractivity contribution is 5.59. The first-order chi connectivity index (χ1) is 13.5. The molecule has 0 saturated carbocycles. The molecule has 0 spiro atoms. The molecule has 2 aromatic carbocycles. The largest absolute Gasteiger partial charge is 0.358 e. The van der Waals surface area contributed by atoms with E-state index in [0.717, 1.165) is 44.8 Å². The molecule has 1 aliphatic heterocycles. The highest BCUT2D eigenvalue weighted by atomic mass is 15.3. The molecular weight excluding hydrogens is 342 g/mol. The van der Waals surface area contributed by atoms with Gasteiger partial charge in [-0.25, -0.2) is 0 Å². The molecule has 1 atom stereocenters. The van der Waals surface area contributed by atoms with Crippen molar-refractivity contribution in [3.05, 3.63) is 77.5 Å². The van der Waals surface area contributed by atoms with E-state index in [1.54, 1.807) is 0 Å². The van der Waals surface area contributed by atoms with Crippen LogP contribution in [0.5, 0.6) is 0 Å². The van der Waals surface area contributed by atoms with Crippen LogP contribution in [0.4, 0.5) is 5.69 Å². The van der Waals surface area contributed by atoms with Crippen molar-refractivity contribution in [1.82, 2.24) is 9.80 Å². The molecule has 0 radical (unpaired) electrons.